The summed E-state index contributed by atoms with van der Waals surface area (Å²) in [4.78, 5) is 22.9. The molecule has 2 N–H and O–H groups in total. The zero-order valence-corrected chi connectivity index (χ0v) is 13.4. The van der Waals surface area contributed by atoms with Gasteiger partial charge in [0.2, 0.25) is 0 Å². The minimum atomic E-state index is -0.159. The molecule has 0 spiro atoms. The van der Waals surface area contributed by atoms with Crippen LogP contribution in [0.5, 0.6) is 0 Å². The Kier molecular flexibility index (Phi) is 3.97. The van der Waals surface area contributed by atoms with Gasteiger partial charge in [-0.25, -0.2) is 9.78 Å². The molecule has 3 rings (SSSR count). The van der Waals surface area contributed by atoms with Crippen LogP contribution in [0.2, 0.25) is 0 Å². The standard InChI is InChI=1S/C15H22N4OS/c1-3-9(2)8-19-13-12(14(21)18-15(19)20)16-11(17-13)7-6-10-4-5-10/h9-10H,3-8H2,1-2H3,(H,16,17)(H,18,20,21). The summed E-state index contributed by atoms with van der Waals surface area (Å²) in [5.74, 6) is 2.25. The van der Waals surface area contributed by atoms with E-state index in [1.165, 1.54) is 19.3 Å². The molecule has 21 heavy (non-hydrogen) atoms. The van der Waals surface area contributed by atoms with Crippen molar-refractivity contribution < 1.29 is 0 Å². The van der Waals surface area contributed by atoms with Crippen LogP contribution in [0.25, 0.3) is 11.2 Å². The molecule has 1 aliphatic rings. The van der Waals surface area contributed by atoms with Gasteiger partial charge in [-0.1, -0.05) is 45.3 Å². The molecular weight excluding hydrogens is 284 g/mol. The van der Waals surface area contributed by atoms with E-state index in [4.69, 9.17) is 12.2 Å². The molecule has 0 bridgehead atoms. The van der Waals surface area contributed by atoms with Crippen molar-refractivity contribution in [2.45, 2.75) is 52.5 Å². The lowest BCUT2D eigenvalue weighted by molar-refractivity contribution is 0.462. The topological polar surface area (TPSA) is 66.5 Å². The third-order valence-corrected chi connectivity index (χ3v) is 4.67. The predicted molar refractivity (Wildman–Crippen MR) is 86.0 cm³/mol. The third-order valence-electron chi connectivity index (χ3n) is 4.36. The molecule has 6 heteroatoms. The lowest BCUT2D eigenvalue weighted by atomic mass is 10.1. The maximum absolute atomic E-state index is 12.2. The van der Waals surface area contributed by atoms with Gasteiger partial charge in [-0.3, -0.25) is 9.55 Å². The van der Waals surface area contributed by atoms with Crippen LogP contribution in [-0.4, -0.2) is 19.5 Å². The SMILES string of the molecule is CCC(C)Cn1c(=O)[nH]c(=S)c2[nH]c(CCC3CC3)nc21. The van der Waals surface area contributed by atoms with Gasteiger partial charge in [0.05, 0.1) is 0 Å². The van der Waals surface area contributed by atoms with E-state index >= 15 is 0 Å². The average molecular weight is 306 g/mol. The van der Waals surface area contributed by atoms with Crippen LogP contribution >= 0.6 is 12.2 Å². The molecule has 0 amide bonds. The van der Waals surface area contributed by atoms with Gasteiger partial charge in [-0.2, -0.15) is 0 Å². The van der Waals surface area contributed by atoms with Gasteiger partial charge in [-0.15, -0.1) is 0 Å². The first-order valence-corrected chi connectivity index (χ1v) is 8.21. The summed E-state index contributed by atoms with van der Waals surface area (Å²) in [6, 6.07) is 0. The molecule has 1 aliphatic carbocycles. The van der Waals surface area contributed by atoms with Crippen molar-refractivity contribution in [3.05, 3.63) is 20.9 Å². The number of rotatable bonds is 6. The summed E-state index contributed by atoms with van der Waals surface area (Å²) in [5, 5.41) is 0. The Labute approximate surface area is 128 Å². The van der Waals surface area contributed by atoms with Crippen LogP contribution in [0.1, 0.15) is 45.4 Å². The van der Waals surface area contributed by atoms with Gasteiger partial charge in [0.15, 0.2) is 5.65 Å². The number of nitrogens with one attached hydrogen (secondary N) is 2. The first-order valence-electron chi connectivity index (χ1n) is 7.80. The maximum Gasteiger partial charge on any atom is 0.328 e. The fourth-order valence-electron chi connectivity index (χ4n) is 2.56. The van der Waals surface area contributed by atoms with E-state index < -0.39 is 0 Å². The number of aromatic amines is 2. The molecule has 0 aromatic carbocycles. The highest BCUT2D eigenvalue weighted by Crippen LogP contribution is 2.33. The molecule has 5 nitrogen and oxygen atoms in total. The van der Waals surface area contributed by atoms with E-state index in [0.29, 0.717) is 22.8 Å². The summed E-state index contributed by atoms with van der Waals surface area (Å²) in [7, 11) is 0. The molecular formula is C15H22N4OS. The lowest BCUT2D eigenvalue weighted by Crippen LogP contribution is -2.26. The highest BCUT2D eigenvalue weighted by Gasteiger charge is 2.21. The minimum absolute atomic E-state index is 0.159. The number of fused-ring (bicyclic) bond motifs is 1. The van der Waals surface area contributed by atoms with Crippen molar-refractivity contribution in [1.82, 2.24) is 19.5 Å². The number of hydrogen-bond donors (Lipinski definition) is 2. The fourth-order valence-corrected chi connectivity index (χ4v) is 2.79. The number of aryl methyl sites for hydroxylation is 1. The smallest absolute Gasteiger partial charge is 0.328 e. The number of nitrogens with zero attached hydrogens (tertiary/aromatic N) is 2. The quantitative estimate of drug-likeness (QED) is 0.806. The molecule has 114 valence electrons. The van der Waals surface area contributed by atoms with Crippen LogP contribution in [0, 0.1) is 16.5 Å². The van der Waals surface area contributed by atoms with Crippen molar-refractivity contribution in [3.8, 4) is 0 Å². The summed E-state index contributed by atoms with van der Waals surface area (Å²) in [5.41, 5.74) is 1.33. The first-order chi connectivity index (χ1) is 10.1. The van der Waals surface area contributed by atoms with E-state index in [0.717, 1.165) is 30.1 Å². The van der Waals surface area contributed by atoms with Crippen LogP contribution in [0.3, 0.4) is 0 Å². The number of imidazole rings is 1. The molecule has 2 heterocycles. The van der Waals surface area contributed by atoms with Gasteiger partial charge >= 0.3 is 5.69 Å². The Morgan fingerprint density at radius 2 is 2.19 bits per heavy atom. The van der Waals surface area contributed by atoms with Gasteiger partial charge in [0, 0.05) is 13.0 Å². The summed E-state index contributed by atoms with van der Waals surface area (Å²) in [6.07, 6.45) is 5.83. The minimum Gasteiger partial charge on any atom is -0.338 e. The van der Waals surface area contributed by atoms with E-state index in [-0.39, 0.29) is 5.69 Å². The van der Waals surface area contributed by atoms with Crippen molar-refractivity contribution >= 4 is 23.4 Å². The third kappa shape index (κ3) is 3.10. The van der Waals surface area contributed by atoms with E-state index in [9.17, 15) is 4.79 Å². The highest BCUT2D eigenvalue weighted by molar-refractivity contribution is 7.71. The Bertz CT molecular complexity index is 753. The average Bonchev–Trinajstić information content (AvgIpc) is 3.19. The largest absolute Gasteiger partial charge is 0.338 e. The van der Waals surface area contributed by atoms with Gasteiger partial charge < -0.3 is 4.98 Å². The number of hydrogen-bond acceptors (Lipinski definition) is 3. The Morgan fingerprint density at radius 1 is 1.43 bits per heavy atom. The summed E-state index contributed by atoms with van der Waals surface area (Å²) in [6.45, 7) is 4.94. The lowest BCUT2D eigenvalue weighted by Gasteiger charge is -2.11. The molecule has 2 aromatic rings. The van der Waals surface area contributed by atoms with Crippen LogP contribution in [0.15, 0.2) is 4.79 Å². The highest BCUT2D eigenvalue weighted by atomic mass is 32.1. The zero-order valence-electron chi connectivity index (χ0n) is 12.6. The summed E-state index contributed by atoms with van der Waals surface area (Å²) >= 11 is 5.26. The molecule has 0 aliphatic heterocycles. The monoisotopic (exact) mass is 306 g/mol. The molecule has 1 atom stereocenters. The molecule has 1 saturated carbocycles. The number of H-pyrrole nitrogens is 2. The summed E-state index contributed by atoms with van der Waals surface area (Å²) < 4.78 is 2.18. The number of aromatic nitrogens is 4. The van der Waals surface area contributed by atoms with Crippen LogP contribution < -0.4 is 5.69 Å². The van der Waals surface area contributed by atoms with Crippen molar-refractivity contribution in [1.29, 1.82) is 0 Å². The van der Waals surface area contributed by atoms with Gasteiger partial charge in [0.25, 0.3) is 0 Å². The Hall–Kier alpha value is -1.43. The molecule has 0 saturated heterocycles. The van der Waals surface area contributed by atoms with Crippen molar-refractivity contribution in [3.63, 3.8) is 0 Å². The van der Waals surface area contributed by atoms with Crippen LogP contribution in [0.4, 0.5) is 0 Å². The van der Waals surface area contributed by atoms with E-state index in [1.54, 1.807) is 4.57 Å². The Morgan fingerprint density at radius 3 is 2.86 bits per heavy atom. The Balaban J connectivity index is 1.99. The second-order valence-electron chi connectivity index (χ2n) is 6.25. The van der Waals surface area contributed by atoms with E-state index in [1.807, 2.05) is 0 Å². The van der Waals surface area contributed by atoms with Crippen molar-refractivity contribution in [2.24, 2.45) is 11.8 Å². The molecule has 1 fully saturated rings. The van der Waals surface area contributed by atoms with Crippen molar-refractivity contribution in [2.75, 3.05) is 0 Å². The molecule has 0 radical (unpaired) electrons. The normalized spacial score (nSPS) is 16.5. The molecule has 2 aromatic heterocycles. The second kappa shape index (κ2) is 5.75. The first kappa shape index (κ1) is 14.5. The predicted octanol–water partition coefficient (Wildman–Crippen LogP) is 3.17. The maximum atomic E-state index is 12.2. The molecule has 1 unspecified atom stereocenters. The van der Waals surface area contributed by atoms with Gasteiger partial charge in [0.1, 0.15) is 16.0 Å². The van der Waals surface area contributed by atoms with Gasteiger partial charge in [-0.05, 0) is 18.3 Å². The van der Waals surface area contributed by atoms with Crippen LogP contribution in [-0.2, 0) is 13.0 Å². The van der Waals surface area contributed by atoms with E-state index in [2.05, 4.69) is 28.8 Å². The second-order valence-corrected chi connectivity index (χ2v) is 6.66. The fraction of sp³-hybridized carbons (Fsp3) is 0.667. The zero-order chi connectivity index (χ0) is 15.0.